The largest absolute Gasteiger partial charge is 0.306 e. The highest BCUT2D eigenvalue weighted by Gasteiger charge is 2.25. The monoisotopic (exact) mass is 234 g/mol. The Balaban J connectivity index is 2.38. The van der Waals surface area contributed by atoms with Crippen LogP contribution in [-0.4, -0.2) is 46.3 Å². The van der Waals surface area contributed by atoms with Crippen LogP contribution in [0, 0.1) is 5.92 Å². The van der Waals surface area contributed by atoms with E-state index in [4.69, 9.17) is 0 Å². The van der Waals surface area contributed by atoms with Crippen molar-refractivity contribution >= 4 is 10.0 Å². The molecule has 1 rings (SSSR count). The van der Waals surface area contributed by atoms with E-state index in [1.807, 2.05) is 0 Å². The van der Waals surface area contributed by atoms with Crippen molar-refractivity contribution in [3.63, 3.8) is 0 Å². The first-order valence-corrected chi connectivity index (χ1v) is 7.17. The summed E-state index contributed by atoms with van der Waals surface area (Å²) in [4.78, 5) is 2.24. The van der Waals surface area contributed by atoms with Gasteiger partial charge in [0.05, 0.1) is 5.75 Å². The van der Waals surface area contributed by atoms with Gasteiger partial charge in [-0.05, 0) is 52.7 Å². The molecule has 90 valence electrons. The Hall–Kier alpha value is -0.130. The highest BCUT2D eigenvalue weighted by atomic mass is 32.2. The summed E-state index contributed by atoms with van der Waals surface area (Å²) >= 11 is 0. The van der Waals surface area contributed by atoms with Crippen LogP contribution < -0.4 is 4.72 Å². The Labute approximate surface area is 93.1 Å². The van der Waals surface area contributed by atoms with E-state index in [9.17, 15) is 8.42 Å². The van der Waals surface area contributed by atoms with Gasteiger partial charge in [-0.1, -0.05) is 0 Å². The van der Waals surface area contributed by atoms with Crippen molar-refractivity contribution in [2.75, 3.05) is 26.9 Å². The molecule has 0 spiro atoms. The van der Waals surface area contributed by atoms with Crippen molar-refractivity contribution < 1.29 is 8.42 Å². The normalized spacial score (nSPS) is 28.3. The molecule has 1 aliphatic carbocycles. The zero-order valence-corrected chi connectivity index (χ0v) is 10.7. The standard InChI is InChI=1S/C10H22N2O2S/c1-11-15(13,14)8-9-4-6-10(7-5-9)12(2)3/h9-11H,4-8H2,1-3H3/t9-,10-. The van der Waals surface area contributed by atoms with Gasteiger partial charge in [0.2, 0.25) is 10.0 Å². The maximum Gasteiger partial charge on any atom is 0.211 e. The summed E-state index contributed by atoms with van der Waals surface area (Å²) in [5, 5.41) is 0. The molecule has 15 heavy (non-hydrogen) atoms. The molecule has 0 saturated heterocycles. The lowest BCUT2D eigenvalue weighted by Crippen LogP contribution is -2.35. The smallest absolute Gasteiger partial charge is 0.211 e. The van der Waals surface area contributed by atoms with Gasteiger partial charge in [0.15, 0.2) is 0 Å². The molecular formula is C10H22N2O2S. The van der Waals surface area contributed by atoms with E-state index in [1.54, 1.807) is 0 Å². The van der Waals surface area contributed by atoms with Gasteiger partial charge in [-0.15, -0.1) is 0 Å². The average Bonchev–Trinajstić information content (AvgIpc) is 2.18. The predicted molar refractivity (Wildman–Crippen MR) is 62.3 cm³/mol. The van der Waals surface area contributed by atoms with E-state index in [2.05, 4.69) is 23.7 Å². The molecule has 4 nitrogen and oxygen atoms in total. The van der Waals surface area contributed by atoms with Gasteiger partial charge < -0.3 is 4.90 Å². The first-order chi connectivity index (χ1) is 6.94. The van der Waals surface area contributed by atoms with Crippen molar-refractivity contribution in [2.45, 2.75) is 31.7 Å². The summed E-state index contributed by atoms with van der Waals surface area (Å²) in [6.07, 6.45) is 4.31. The highest BCUT2D eigenvalue weighted by molar-refractivity contribution is 7.89. The topological polar surface area (TPSA) is 49.4 Å². The van der Waals surface area contributed by atoms with Crippen LogP contribution >= 0.6 is 0 Å². The Morgan fingerprint density at radius 2 is 1.73 bits per heavy atom. The van der Waals surface area contributed by atoms with E-state index in [0.29, 0.717) is 17.7 Å². The Bertz CT molecular complexity index is 280. The molecule has 0 unspecified atom stereocenters. The summed E-state index contributed by atoms with van der Waals surface area (Å²) in [5.74, 6) is 0.641. The second-order valence-electron chi connectivity index (χ2n) is 4.62. The number of hydrogen-bond donors (Lipinski definition) is 1. The zero-order valence-electron chi connectivity index (χ0n) is 9.86. The number of nitrogens with zero attached hydrogens (tertiary/aromatic N) is 1. The van der Waals surface area contributed by atoms with Gasteiger partial charge in [0.25, 0.3) is 0 Å². The fourth-order valence-electron chi connectivity index (χ4n) is 2.22. The van der Waals surface area contributed by atoms with Crippen molar-refractivity contribution in [1.29, 1.82) is 0 Å². The SMILES string of the molecule is CNS(=O)(=O)C[C@H]1CC[C@H](N(C)C)CC1. The molecular weight excluding hydrogens is 212 g/mol. The first kappa shape index (κ1) is 12.9. The molecule has 5 heteroatoms. The predicted octanol–water partition coefficient (Wildman–Crippen LogP) is 0.656. The highest BCUT2D eigenvalue weighted by Crippen LogP contribution is 2.27. The van der Waals surface area contributed by atoms with Crippen LogP contribution in [0.1, 0.15) is 25.7 Å². The summed E-state index contributed by atoms with van der Waals surface area (Å²) < 4.78 is 25.1. The van der Waals surface area contributed by atoms with Gasteiger partial charge in [-0.3, -0.25) is 0 Å². The summed E-state index contributed by atoms with van der Waals surface area (Å²) in [5.41, 5.74) is 0. The Morgan fingerprint density at radius 1 is 1.20 bits per heavy atom. The third-order valence-corrected chi connectivity index (χ3v) is 4.84. The molecule has 1 fully saturated rings. The van der Waals surface area contributed by atoms with E-state index in [0.717, 1.165) is 25.7 Å². The van der Waals surface area contributed by atoms with Crippen molar-refractivity contribution in [1.82, 2.24) is 9.62 Å². The van der Waals surface area contributed by atoms with Crippen LogP contribution in [0.25, 0.3) is 0 Å². The van der Waals surface area contributed by atoms with Gasteiger partial charge in [-0.2, -0.15) is 0 Å². The molecule has 0 aromatic rings. The quantitative estimate of drug-likeness (QED) is 0.777. The maximum absolute atomic E-state index is 11.4. The van der Waals surface area contributed by atoms with E-state index < -0.39 is 10.0 Å². The molecule has 0 radical (unpaired) electrons. The number of rotatable bonds is 4. The van der Waals surface area contributed by atoms with E-state index >= 15 is 0 Å². The molecule has 0 atom stereocenters. The Kier molecular flexibility index (Phi) is 4.55. The van der Waals surface area contributed by atoms with Crippen LogP contribution in [-0.2, 0) is 10.0 Å². The molecule has 1 aliphatic rings. The van der Waals surface area contributed by atoms with Gasteiger partial charge in [0.1, 0.15) is 0 Å². The van der Waals surface area contributed by atoms with Crippen molar-refractivity contribution in [3.8, 4) is 0 Å². The van der Waals surface area contributed by atoms with Crippen LogP contribution in [0.4, 0.5) is 0 Å². The molecule has 1 N–H and O–H groups in total. The molecule has 0 amide bonds. The van der Waals surface area contributed by atoms with Crippen LogP contribution in [0.5, 0.6) is 0 Å². The van der Waals surface area contributed by atoms with E-state index in [-0.39, 0.29) is 0 Å². The third kappa shape index (κ3) is 4.09. The second kappa shape index (κ2) is 5.27. The van der Waals surface area contributed by atoms with Gasteiger partial charge in [-0.25, -0.2) is 13.1 Å². The fourth-order valence-corrected chi connectivity index (χ4v) is 3.34. The summed E-state index contributed by atoms with van der Waals surface area (Å²) in [7, 11) is 2.65. The minimum atomic E-state index is -3.02. The summed E-state index contributed by atoms with van der Waals surface area (Å²) in [6, 6.07) is 0.638. The lowest BCUT2D eigenvalue weighted by atomic mass is 9.87. The van der Waals surface area contributed by atoms with Crippen LogP contribution in [0.15, 0.2) is 0 Å². The van der Waals surface area contributed by atoms with Crippen LogP contribution in [0.2, 0.25) is 0 Å². The molecule has 0 aromatic carbocycles. The minimum absolute atomic E-state index is 0.295. The molecule has 0 bridgehead atoms. The average molecular weight is 234 g/mol. The molecule has 0 aliphatic heterocycles. The maximum atomic E-state index is 11.4. The second-order valence-corrected chi connectivity index (χ2v) is 6.59. The number of sulfonamides is 1. The molecule has 0 aromatic heterocycles. The first-order valence-electron chi connectivity index (χ1n) is 5.52. The van der Waals surface area contributed by atoms with Gasteiger partial charge in [0, 0.05) is 6.04 Å². The van der Waals surface area contributed by atoms with Gasteiger partial charge >= 0.3 is 0 Å². The van der Waals surface area contributed by atoms with Crippen molar-refractivity contribution in [3.05, 3.63) is 0 Å². The summed E-state index contributed by atoms with van der Waals surface area (Å²) in [6.45, 7) is 0. The fraction of sp³-hybridized carbons (Fsp3) is 1.00. The lowest BCUT2D eigenvalue weighted by Gasteiger charge is -2.32. The van der Waals surface area contributed by atoms with Crippen molar-refractivity contribution in [2.24, 2.45) is 5.92 Å². The van der Waals surface area contributed by atoms with E-state index in [1.165, 1.54) is 7.05 Å². The lowest BCUT2D eigenvalue weighted by molar-refractivity contribution is 0.201. The third-order valence-electron chi connectivity index (χ3n) is 3.31. The zero-order chi connectivity index (χ0) is 11.5. The number of nitrogens with one attached hydrogen (secondary N) is 1. The minimum Gasteiger partial charge on any atom is -0.306 e. The molecule has 1 saturated carbocycles. The van der Waals surface area contributed by atoms with Crippen LogP contribution in [0.3, 0.4) is 0 Å². The number of hydrogen-bond acceptors (Lipinski definition) is 3. The molecule has 0 heterocycles. The Morgan fingerprint density at radius 3 is 2.13 bits per heavy atom.